The first-order valence-corrected chi connectivity index (χ1v) is 7.97. The molecule has 0 bridgehead atoms. The van der Waals surface area contributed by atoms with E-state index in [4.69, 9.17) is 0 Å². The van der Waals surface area contributed by atoms with E-state index in [1.165, 1.54) is 0 Å². The van der Waals surface area contributed by atoms with E-state index in [1.807, 2.05) is 60.7 Å². The monoisotopic (exact) mass is 369 g/mol. The number of carbonyl (C=O) groups excluding carboxylic acids is 1. The third-order valence-corrected chi connectivity index (χ3v) is 3.59. The van der Waals surface area contributed by atoms with Crippen molar-refractivity contribution in [3.63, 3.8) is 0 Å². The van der Waals surface area contributed by atoms with Gasteiger partial charge < -0.3 is 5.32 Å². The molecular formula is C20H14F3N3O. The number of aromatic nitrogens is 2. The quantitative estimate of drug-likeness (QED) is 0.652. The predicted molar refractivity (Wildman–Crippen MR) is 96.7 cm³/mol. The van der Waals surface area contributed by atoms with Gasteiger partial charge in [-0.2, -0.15) is 13.2 Å². The molecule has 27 heavy (non-hydrogen) atoms. The van der Waals surface area contributed by atoms with Gasteiger partial charge in [-0.15, -0.1) is 0 Å². The molecule has 0 atom stereocenters. The Morgan fingerprint density at radius 3 is 1.78 bits per heavy atom. The van der Waals surface area contributed by atoms with Gasteiger partial charge in [0.25, 0.3) is 5.78 Å². The summed E-state index contributed by atoms with van der Waals surface area (Å²) in [6.07, 6.45) is -3.63. The smallest absolute Gasteiger partial charge is 0.331 e. The van der Waals surface area contributed by atoms with Gasteiger partial charge in [-0.1, -0.05) is 60.7 Å². The molecule has 1 heterocycles. The fraction of sp³-hybridized carbons (Fsp3) is 0.0500. The number of rotatable bonds is 5. The van der Waals surface area contributed by atoms with Crippen LogP contribution in [0.1, 0.15) is 0 Å². The second kappa shape index (κ2) is 7.82. The highest BCUT2D eigenvalue weighted by Crippen LogP contribution is 2.25. The van der Waals surface area contributed by atoms with E-state index in [1.54, 1.807) is 6.07 Å². The lowest BCUT2D eigenvalue weighted by Crippen LogP contribution is -2.20. The minimum atomic E-state index is -4.92. The van der Waals surface area contributed by atoms with Gasteiger partial charge in [-0.3, -0.25) is 4.79 Å². The van der Waals surface area contributed by atoms with E-state index in [2.05, 4.69) is 15.3 Å². The maximum absolute atomic E-state index is 12.3. The second-order valence-corrected chi connectivity index (χ2v) is 5.53. The fourth-order valence-corrected chi connectivity index (χ4v) is 2.31. The van der Waals surface area contributed by atoms with Crippen molar-refractivity contribution in [3.8, 4) is 22.5 Å². The lowest BCUT2D eigenvalue weighted by molar-refractivity contribution is -0.165. The van der Waals surface area contributed by atoms with Gasteiger partial charge in [0.05, 0.1) is 11.4 Å². The Hall–Kier alpha value is -3.48. The van der Waals surface area contributed by atoms with E-state index >= 15 is 0 Å². The summed E-state index contributed by atoms with van der Waals surface area (Å²) in [7, 11) is 0. The highest BCUT2D eigenvalue weighted by molar-refractivity contribution is 5.94. The van der Waals surface area contributed by atoms with Crippen LogP contribution in [-0.2, 0) is 4.79 Å². The molecule has 0 unspecified atom stereocenters. The molecule has 4 nitrogen and oxygen atoms in total. The van der Waals surface area contributed by atoms with Crippen LogP contribution in [0.4, 0.5) is 19.1 Å². The van der Waals surface area contributed by atoms with Gasteiger partial charge in [0.15, 0.2) is 0 Å². The standard InChI is InChI=1S/C20H14F3N3O/c21-20(22,23)18(27)11-12-24-19-25-16(14-7-3-1-4-8-14)13-17(26-19)15-9-5-2-6-10-15/h1-13H,(H,24,25,26)/b12-11+. The third kappa shape index (κ3) is 4.78. The number of hydrogen-bond donors (Lipinski definition) is 1. The molecule has 0 amide bonds. The maximum Gasteiger partial charge on any atom is 0.454 e. The van der Waals surface area contributed by atoms with E-state index < -0.39 is 12.0 Å². The lowest BCUT2D eigenvalue weighted by Gasteiger charge is -2.08. The summed E-state index contributed by atoms with van der Waals surface area (Å²) in [6.45, 7) is 0. The van der Waals surface area contributed by atoms with Crippen molar-refractivity contribution >= 4 is 11.7 Å². The lowest BCUT2D eigenvalue weighted by atomic mass is 10.1. The largest absolute Gasteiger partial charge is 0.454 e. The van der Waals surface area contributed by atoms with Crippen LogP contribution in [0.5, 0.6) is 0 Å². The highest BCUT2D eigenvalue weighted by atomic mass is 19.4. The molecule has 0 radical (unpaired) electrons. The van der Waals surface area contributed by atoms with Gasteiger partial charge in [-0.25, -0.2) is 9.97 Å². The van der Waals surface area contributed by atoms with Crippen LogP contribution in [0, 0.1) is 0 Å². The molecule has 1 aromatic heterocycles. The summed E-state index contributed by atoms with van der Waals surface area (Å²) < 4.78 is 36.9. The summed E-state index contributed by atoms with van der Waals surface area (Å²) in [5.41, 5.74) is 2.86. The van der Waals surface area contributed by atoms with E-state index in [0.29, 0.717) is 17.5 Å². The third-order valence-electron chi connectivity index (χ3n) is 3.59. The van der Waals surface area contributed by atoms with Gasteiger partial charge >= 0.3 is 6.18 Å². The zero-order valence-corrected chi connectivity index (χ0v) is 13.9. The van der Waals surface area contributed by atoms with E-state index in [0.717, 1.165) is 17.3 Å². The van der Waals surface area contributed by atoms with Crippen molar-refractivity contribution in [3.05, 3.63) is 79.0 Å². The molecule has 0 spiro atoms. The van der Waals surface area contributed by atoms with Crippen LogP contribution in [0.2, 0.25) is 0 Å². The molecular weight excluding hydrogens is 355 g/mol. The number of hydrogen-bond acceptors (Lipinski definition) is 4. The first-order chi connectivity index (χ1) is 12.9. The van der Waals surface area contributed by atoms with Gasteiger partial charge in [0, 0.05) is 23.4 Å². The zero-order chi connectivity index (χ0) is 19.3. The molecule has 1 N–H and O–H groups in total. The molecule has 7 heteroatoms. The molecule has 3 rings (SSSR count). The number of anilines is 1. The molecule has 136 valence electrons. The summed E-state index contributed by atoms with van der Waals surface area (Å²) in [4.78, 5) is 19.6. The number of alkyl halides is 3. The van der Waals surface area contributed by atoms with Crippen LogP contribution < -0.4 is 5.32 Å². The second-order valence-electron chi connectivity index (χ2n) is 5.53. The minimum Gasteiger partial charge on any atom is -0.331 e. The van der Waals surface area contributed by atoms with Crippen LogP contribution in [-0.4, -0.2) is 21.9 Å². The van der Waals surface area contributed by atoms with Gasteiger partial charge in [0.2, 0.25) is 5.95 Å². The number of halogens is 3. The first kappa shape index (κ1) is 18.3. The topological polar surface area (TPSA) is 54.9 Å². The number of nitrogens with one attached hydrogen (secondary N) is 1. The zero-order valence-electron chi connectivity index (χ0n) is 13.9. The van der Waals surface area contributed by atoms with Crippen molar-refractivity contribution in [1.29, 1.82) is 0 Å². The first-order valence-electron chi connectivity index (χ1n) is 7.97. The van der Waals surface area contributed by atoms with E-state index in [-0.39, 0.29) is 5.95 Å². The Morgan fingerprint density at radius 1 is 0.852 bits per heavy atom. The van der Waals surface area contributed by atoms with Crippen molar-refractivity contribution < 1.29 is 18.0 Å². The Bertz CT molecular complexity index is 897. The van der Waals surface area contributed by atoms with Crippen LogP contribution in [0.3, 0.4) is 0 Å². The SMILES string of the molecule is O=C(/C=C/Nc1nc(-c2ccccc2)cc(-c2ccccc2)n1)C(F)(F)F. The molecule has 3 aromatic rings. The Balaban J connectivity index is 1.96. The van der Waals surface area contributed by atoms with Crippen LogP contribution >= 0.6 is 0 Å². The van der Waals surface area contributed by atoms with Gasteiger partial charge in [-0.05, 0) is 6.07 Å². The highest BCUT2D eigenvalue weighted by Gasteiger charge is 2.36. The number of ketones is 1. The number of carbonyl (C=O) groups is 1. The summed E-state index contributed by atoms with van der Waals surface area (Å²) >= 11 is 0. The molecule has 2 aromatic carbocycles. The van der Waals surface area contributed by atoms with Gasteiger partial charge in [0.1, 0.15) is 0 Å². The molecule has 0 saturated heterocycles. The summed E-state index contributed by atoms with van der Waals surface area (Å²) in [5, 5.41) is 2.54. The van der Waals surface area contributed by atoms with Crippen molar-refractivity contribution in [1.82, 2.24) is 9.97 Å². The Kier molecular flexibility index (Phi) is 5.30. The molecule has 0 aliphatic rings. The van der Waals surface area contributed by atoms with Crippen molar-refractivity contribution in [2.24, 2.45) is 0 Å². The Morgan fingerprint density at radius 2 is 1.33 bits per heavy atom. The number of benzene rings is 2. The average Bonchev–Trinajstić information content (AvgIpc) is 2.68. The Labute approximate surface area is 153 Å². The fourth-order valence-electron chi connectivity index (χ4n) is 2.31. The van der Waals surface area contributed by atoms with Crippen molar-refractivity contribution in [2.75, 3.05) is 5.32 Å². The average molecular weight is 369 g/mol. The summed E-state index contributed by atoms with van der Waals surface area (Å²) in [5.74, 6) is -1.88. The molecule has 0 aliphatic carbocycles. The summed E-state index contributed by atoms with van der Waals surface area (Å²) in [6, 6.07) is 20.4. The molecule has 0 saturated carbocycles. The van der Waals surface area contributed by atoms with Crippen LogP contribution in [0.15, 0.2) is 79.0 Å². The normalized spacial score (nSPS) is 11.5. The molecule has 0 aliphatic heterocycles. The predicted octanol–water partition coefficient (Wildman–Crippen LogP) is 4.87. The van der Waals surface area contributed by atoms with Crippen molar-refractivity contribution in [2.45, 2.75) is 6.18 Å². The maximum atomic E-state index is 12.3. The van der Waals surface area contributed by atoms with E-state index in [9.17, 15) is 18.0 Å². The van der Waals surface area contributed by atoms with Crippen LogP contribution in [0.25, 0.3) is 22.5 Å². The minimum absolute atomic E-state index is 0.0847. The number of nitrogens with zero attached hydrogens (tertiary/aromatic N) is 2. The number of allylic oxidation sites excluding steroid dienone is 1. The molecule has 0 fully saturated rings.